The summed E-state index contributed by atoms with van der Waals surface area (Å²) in [6.07, 6.45) is 7.60. The van der Waals surface area contributed by atoms with Crippen LogP contribution in [0.1, 0.15) is 36.8 Å². The SMILES string of the molecule is C=CCc1cc(-c2ccc(O)c(CC=C)c2)c(O)c(N(C)C(=O)CCCCCN)c1. The molecule has 0 saturated carbocycles. The molecule has 0 aliphatic rings. The highest BCUT2D eigenvalue weighted by atomic mass is 16.3. The van der Waals surface area contributed by atoms with Crippen molar-refractivity contribution in [1.82, 2.24) is 0 Å². The first-order valence-electron chi connectivity index (χ1n) is 10.3. The summed E-state index contributed by atoms with van der Waals surface area (Å²) >= 11 is 0. The quantitative estimate of drug-likeness (QED) is 0.371. The monoisotopic (exact) mass is 408 g/mol. The van der Waals surface area contributed by atoms with Crippen LogP contribution in [0.5, 0.6) is 11.5 Å². The van der Waals surface area contributed by atoms with E-state index in [1.165, 1.54) is 4.90 Å². The van der Waals surface area contributed by atoms with E-state index in [1.807, 2.05) is 18.2 Å². The van der Waals surface area contributed by atoms with Crippen LogP contribution >= 0.6 is 0 Å². The Labute approximate surface area is 179 Å². The molecule has 0 saturated heterocycles. The highest BCUT2D eigenvalue weighted by Crippen LogP contribution is 2.40. The zero-order valence-electron chi connectivity index (χ0n) is 17.7. The average Bonchev–Trinajstić information content (AvgIpc) is 2.73. The molecule has 0 unspecified atom stereocenters. The van der Waals surface area contributed by atoms with Crippen molar-refractivity contribution in [3.8, 4) is 22.6 Å². The zero-order valence-corrected chi connectivity index (χ0v) is 17.7. The van der Waals surface area contributed by atoms with Crippen LogP contribution < -0.4 is 10.6 Å². The number of hydrogen-bond donors (Lipinski definition) is 3. The number of hydrogen-bond acceptors (Lipinski definition) is 4. The highest BCUT2D eigenvalue weighted by Gasteiger charge is 2.19. The average molecular weight is 409 g/mol. The number of benzene rings is 2. The minimum Gasteiger partial charge on any atom is -0.508 e. The number of allylic oxidation sites excluding steroid dienone is 2. The topological polar surface area (TPSA) is 86.8 Å². The van der Waals surface area contributed by atoms with Crippen molar-refractivity contribution in [2.75, 3.05) is 18.5 Å². The van der Waals surface area contributed by atoms with Crippen LogP contribution in [0, 0.1) is 0 Å². The first-order valence-corrected chi connectivity index (χ1v) is 10.3. The summed E-state index contributed by atoms with van der Waals surface area (Å²) in [6.45, 7) is 8.15. The van der Waals surface area contributed by atoms with Crippen molar-refractivity contribution in [2.45, 2.75) is 38.5 Å². The van der Waals surface area contributed by atoms with Crippen LogP contribution in [0.3, 0.4) is 0 Å². The minimum atomic E-state index is -0.0536. The first-order chi connectivity index (χ1) is 14.4. The Bertz CT molecular complexity index is 906. The van der Waals surface area contributed by atoms with Gasteiger partial charge in [-0.3, -0.25) is 4.79 Å². The second-order valence-corrected chi connectivity index (χ2v) is 7.39. The van der Waals surface area contributed by atoms with E-state index in [9.17, 15) is 15.0 Å². The molecule has 0 aromatic heterocycles. The summed E-state index contributed by atoms with van der Waals surface area (Å²) in [6, 6.07) is 8.92. The predicted octanol–water partition coefficient (Wildman–Crippen LogP) is 4.70. The lowest BCUT2D eigenvalue weighted by Gasteiger charge is -2.22. The molecule has 0 aliphatic carbocycles. The van der Waals surface area contributed by atoms with Crippen LogP contribution in [-0.2, 0) is 17.6 Å². The second kappa shape index (κ2) is 11.2. The summed E-state index contributed by atoms with van der Waals surface area (Å²) in [4.78, 5) is 14.2. The maximum atomic E-state index is 12.7. The van der Waals surface area contributed by atoms with Gasteiger partial charge in [-0.2, -0.15) is 0 Å². The van der Waals surface area contributed by atoms with Gasteiger partial charge >= 0.3 is 0 Å². The molecule has 5 nitrogen and oxygen atoms in total. The van der Waals surface area contributed by atoms with E-state index in [4.69, 9.17) is 5.73 Å². The fraction of sp³-hybridized carbons (Fsp3) is 0.320. The highest BCUT2D eigenvalue weighted by molar-refractivity contribution is 5.96. The Balaban J connectivity index is 2.44. The van der Waals surface area contributed by atoms with Gasteiger partial charge in [0, 0.05) is 19.0 Å². The number of phenolic OH excluding ortho intramolecular Hbond substituents is 2. The van der Waals surface area contributed by atoms with Crippen molar-refractivity contribution in [1.29, 1.82) is 0 Å². The van der Waals surface area contributed by atoms with Gasteiger partial charge in [0.05, 0.1) is 5.69 Å². The molecule has 5 heteroatoms. The van der Waals surface area contributed by atoms with Gasteiger partial charge in [-0.15, -0.1) is 13.2 Å². The molecule has 160 valence electrons. The normalized spacial score (nSPS) is 10.6. The maximum Gasteiger partial charge on any atom is 0.226 e. The second-order valence-electron chi connectivity index (χ2n) is 7.39. The van der Waals surface area contributed by atoms with Crippen molar-refractivity contribution < 1.29 is 15.0 Å². The van der Waals surface area contributed by atoms with Crippen LogP contribution in [-0.4, -0.2) is 29.7 Å². The molecule has 4 N–H and O–H groups in total. The van der Waals surface area contributed by atoms with Gasteiger partial charge < -0.3 is 20.8 Å². The Kier molecular flexibility index (Phi) is 8.69. The molecular weight excluding hydrogens is 376 g/mol. The first kappa shape index (κ1) is 23.2. The fourth-order valence-corrected chi connectivity index (χ4v) is 3.41. The van der Waals surface area contributed by atoms with Crippen molar-refractivity contribution in [3.63, 3.8) is 0 Å². The van der Waals surface area contributed by atoms with Gasteiger partial charge in [0.1, 0.15) is 11.5 Å². The molecule has 0 atom stereocenters. The molecule has 0 heterocycles. The standard InChI is InChI=1S/C25H32N2O3/c1-4-9-18-15-21(19-12-13-23(28)20(17-19)10-5-2)25(30)22(16-18)27(3)24(29)11-7-6-8-14-26/h4-5,12-13,15-17,28,30H,1-2,6-11,14,26H2,3H3. The molecule has 2 aromatic rings. The summed E-state index contributed by atoms with van der Waals surface area (Å²) in [7, 11) is 1.68. The van der Waals surface area contributed by atoms with Gasteiger partial charge in [-0.05, 0) is 73.2 Å². The Hall–Kier alpha value is -3.05. The van der Waals surface area contributed by atoms with Gasteiger partial charge in [-0.1, -0.05) is 24.6 Å². The van der Waals surface area contributed by atoms with E-state index in [0.29, 0.717) is 37.1 Å². The molecule has 0 radical (unpaired) electrons. The molecule has 0 spiro atoms. The molecule has 0 aliphatic heterocycles. The predicted molar refractivity (Wildman–Crippen MR) is 124 cm³/mol. The molecule has 30 heavy (non-hydrogen) atoms. The largest absolute Gasteiger partial charge is 0.508 e. The maximum absolute atomic E-state index is 12.7. The summed E-state index contributed by atoms with van der Waals surface area (Å²) in [5, 5.41) is 21.1. The van der Waals surface area contributed by atoms with Crippen molar-refractivity contribution >= 4 is 11.6 Å². The molecule has 0 bridgehead atoms. The Morgan fingerprint density at radius 2 is 1.80 bits per heavy atom. The Morgan fingerprint density at radius 1 is 1.07 bits per heavy atom. The van der Waals surface area contributed by atoms with E-state index in [-0.39, 0.29) is 17.4 Å². The number of nitrogens with zero attached hydrogens (tertiary/aromatic N) is 1. The molecule has 2 rings (SSSR count). The summed E-state index contributed by atoms with van der Waals surface area (Å²) in [5.74, 6) is 0.170. The van der Waals surface area contributed by atoms with E-state index >= 15 is 0 Å². The number of nitrogens with two attached hydrogens (primary N) is 1. The van der Waals surface area contributed by atoms with E-state index in [1.54, 1.807) is 31.3 Å². The van der Waals surface area contributed by atoms with Crippen LogP contribution in [0.2, 0.25) is 0 Å². The fourth-order valence-electron chi connectivity index (χ4n) is 3.41. The number of aromatic hydroxyl groups is 2. The minimum absolute atomic E-state index is 0.0378. The number of rotatable bonds is 11. The molecule has 2 aromatic carbocycles. The van der Waals surface area contributed by atoms with Crippen LogP contribution in [0.4, 0.5) is 5.69 Å². The van der Waals surface area contributed by atoms with Gasteiger partial charge in [0.2, 0.25) is 5.91 Å². The zero-order chi connectivity index (χ0) is 22.1. The lowest BCUT2D eigenvalue weighted by atomic mass is 9.96. The lowest BCUT2D eigenvalue weighted by Crippen LogP contribution is -2.26. The molecule has 0 fully saturated rings. The van der Waals surface area contributed by atoms with E-state index in [0.717, 1.165) is 36.0 Å². The van der Waals surface area contributed by atoms with Gasteiger partial charge in [-0.25, -0.2) is 0 Å². The van der Waals surface area contributed by atoms with Crippen molar-refractivity contribution in [2.24, 2.45) is 5.73 Å². The molecule has 1 amide bonds. The summed E-state index contributed by atoms with van der Waals surface area (Å²) < 4.78 is 0. The van der Waals surface area contributed by atoms with E-state index < -0.39 is 0 Å². The van der Waals surface area contributed by atoms with Crippen LogP contribution in [0.15, 0.2) is 55.6 Å². The number of carbonyl (C=O) groups excluding carboxylic acids is 1. The van der Waals surface area contributed by atoms with Crippen LogP contribution in [0.25, 0.3) is 11.1 Å². The summed E-state index contributed by atoms with van der Waals surface area (Å²) in [5.41, 5.74) is 9.01. The molecular formula is C25H32N2O3. The van der Waals surface area contributed by atoms with Crippen molar-refractivity contribution in [3.05, 3.63) is 66.8 Å². The number of anilines is 1. The third kappa shape index (κ3) is 5.74. The van der Waals surface area contributed by atoms with E-state index in [2.05, 4.69) is 13.2 Å². The smallest absolute Gasteiger partial charge is 0.226 e. The number of carbonyl (C=O) groups is 1. The Morgan fingerprint density at radius 3 is 2.47 bits per heavy atom. The van der Waals surface area contributed by atoms with Gasteiger partial charge in [0.15, 0.2) is 0 Å². The third-order valence-corrected chi connectivity index (χ3v) is 5.11. The lowest BCUT2D eigenvalue weighted by molar-refractivity contribution is -0.118. The number of amides is 1. The number of phenols is 2. The number of unbranched alkanes of at least 4 members (excludes halogenated alkanes) is 2. The van der Waals surface area contributed by atoms with Gasteiger partial charge in [0.25, 0.3) is 0 Å². The third-order valence-electron chi connectivity index (χ3n) is 5.11.